The molecule has 1 N–H and O–H groups in total. The first-order valence-electron chi connectivity index (χ1n) is 12.3. The van der Waals surface area contributed by atoms with E-state index >= 15 is 0 Å². The molecule has 2 aromatic carbocycles. The molecule has 0 amide bonds. The van der Waals surface area contributed by atoms with Crippen LogP contribution in [0.15, 0.2) is 71.8 Å². The molecular weight excluding hydrogens is 474 g/mol. The van der Waals surface area contributed by atoms with Crippen LogP contribution in [0, 0.1) is 12.8 Å². The van der Waals surface area contributed by atoms with Crippen molar-refractivity contribution in [1.29, 1.82) is 0 Å². The van der Waals surface area contributed by atoms with Gasteiger partial charge in [-0.05, 0) is 56.3 Å². The zero-order valence-corrected chi connectivity index (χ0v) is 22.1. The number of pyridine rings is 1. The summed E-state index contributed by atoms with van der Waals surface area (Å²) in [5.41, 5.74) is 3.99. The van der Waals surface area contributed by atoms with Gasteiger partial charge in [0.05, 0.1) is 12.3 Å². The number of likely N-dealkylation sites (N-methyl/N-ethyl adjacent to an activating group) is 1. The van der Waals surface area contributed by atoms with Gasteiger partial charge < -0.3 is 9.84 Å². The summed E-state index contributed by atoms with van der Waals surface area (Å²) in [7, 11) is -1.86. The smallest absolute Gasteiger partial charge is 0.247 e. The van der Waals surface area contributed by atoms with E-state index in [2.05, 4.69) is 9.88 Å². The van der Waals surface area contributed by atoms with Gasteiger partial charge in [0.15, 0.2) is 0 Å². The Morgan fingerprint density at radius 3 is 2.53 bits per heavy atom. The summed E-state index contributed by atoms with van der Waals surface area (Å²) in [5.74, 6) is 0.224. The Kier molecular flexibility index (Phi) is 8.10. The molecule has 4 rings (SSSR count). The lowest BCUT2D eigenvalue weighted by Crippen LogP contribution is -2.49. The molecule has 1 aromatic heterocycles. The third kappa shape index (κ3) is 5.78. The second kappa shape index (κ2) is 11.1. The predicted molar refractivity (Wildman–Crippen MR) is 141 cm³/mol. The van der Waals surface area contributed by atoms with Crippen LogP contribution in [-0.4, -0.2) is 66.6 Å². The molecular formula is C28H35N3O4S. The lowest BCUT2D eigenvalue weighted by molar-refractivity contribution is 0.0731. The molecule has 3 atom stereocenters. The SMILES string of the molecule is Cc1ccc(-c2ccc3c(c2)O[C@@H](CN(C)Cc2ccccn2)[C@@H](C)CN([C@@H](C)CO)S3(=O)=O)cc1. The Labute approximate surface area is 214 Å². The third-order valence-corrected chi connectivity index (χ3v) is 8.72. The molecule has 0 radical (unpaired) electrons. The van der Waals surface area contributed by atoms with Gasteiger partial charge in [-0.25, -0.2) is 8.42 Å². The van der Waals surface area contributed by atoms with Gasteiger partial charge in [0.25, 0.3) is 0 Å². The lowest BCUT2D eigenvalue weighted by Gasteiger charge is -2.37. The summed E-state index contributed by atoms with van der Waals surface area (Å²) < 4.78 is 35.3. The summed E-state index contributed by atoms with van der Waals surface area (Å²) >= 11 is 0. The fraction of sp³-hybridized carbons (Fsp3) is 0.393. The van der Waals surface area contributed by atoms with Gasteiger partial charge in [-0.15, -0.1) is 0 Å². The maximum Gasteiger partial charge on any atom is 0.247 e. The molecule has 0 fully saturated rings. The summed E-state index contributed by atoms with van der Waals surface area (Å²) in [6.45, 7) is 7.01. The molecule has 0 spiro atoms. The van der Waals surface area contributed by atoms with Gasteiger partial charge in [0, 0.05) is 37.8 Å². The molecule has 1 aliphatic rings. The quantitative estimate of drug-likeness (QED) is 0.519. The summed E-state index contributed by atoms with van der Waals surface area (Å²) in [4.78, 5) is 6.69. The van der Waals surface area contributed by atoms with Crippen molar-refractivity contribution in [1.82, 2.24) is 14.2 Å². The van der Waals surface area contributed by atoms with E-state index in [4.69, 9.17) is 4.74 Å². The summed E-state index contributed by atoms with van der Waals surface area (Å²) in [6, 6.07) is 18.7. The topological polar surface area (TPSA) is 83.0 Å². The van der Waals surface area contributed by atoms with E-state index in [0.717, 1.165) is 22.4 Å². The first-order valence-corrected chi connectivity index (χ1v) is 13.7. The minimum atomic E-state index is -3.87. The molecule has 2 heterocycles. The number of aliphatic hydroxyl groups is 1. The maximum atomic E-state index is 13.7. The van der Waals surface area contributed by atoms with Crippen molar-refractivity contribution >= 4 is 10.0 Å². The Morgan fingerprint density at radius 2 is 1.86 bits per heavy atom. The highest BCUT2D eigenvalue weighted by atomic mass is 32.2. The van der Waals surface area contributed by atoms with E-state index in [1.165, 1.54) is 4.31 Å². The van der Waals surface area contributed by atoms with E-state index in [-0.39, 0.29) is 30.1 Å². The van der Waals surface area contributed by atoms with Crippen molar-refractivity contribution < 1.29 is 18.3 Å². The lowest BCUT2D eigenvalue weighted by atomic mass is 10.0. The zero-order valence-electron chi connectivity index (χ0n) is 21.3. The highest BCUT2D eigenvalue weighted by Crippen LogP contribution is 2.36. The first kappa shape index (κ1) is 26.3. The number of fused-ring (bicyclic) bond motifs is 1. The second-order valence-corrected chi connectivity index (χ2v) is 11.6. The van der Waals surface area contributed by atoms with Gasteiger partial charge in [0.2, 0.25) is 10.0 Å². The molecule has 7 nitrogen and oxygen atoms in total. The van der Waals surface area contributed by atoms with E-state index in [1.807, 2.05) is 75.5 Å². The van der Waals surface area contributed by atoms with Crippen LogP contribution in [0.25, 0.3) is 11.1 Å². The number of rotatable bonds is 7. The average molecular weight is 510 g/mol. The fourth-order valence-corrected chi connectivity index (χ4v) is 6.33. The van der Waals surface area contributed by atoms with Crippen molar-refractivity contribution in [2.75, 3.05) is 26.7 Å². The Balaban J connectivity index is 1.72. The highest BCUT2D eigenvalue weighted by Gasteiger charge is 2.38. The normalized spacial score (nSPS) is 20.7. The first-order chi connectivity index (χ1) is 17.2. The number of benzene rings is 2. The monoisotopic (exact) mass is 509 g/mol. The van der Waals surface area contributed by atoms with Crippen LogP contribution in [0.4, 0.5) is 0 Å². The van der Waals surface area contributed by atoms with E-state index < -0.39 is 16.1 Å². The largest absolute Gasteiger partial charge is 0.487 e. The van der Waals surface area contributed by atoms with Gasteiger partial charge in [-0.3, -0.25) is 9.88 Å². The minimum Gasteiger partial charge on any atom is -0.487 e. The van der Waals surface area contributed by atoms with Crippen molar-refractivity contribution in [2.45, 2.75) is 44.4 Å². The van der Waals surface area contributed by atoms with Crippen LogP contribution in [0.5, 0.6) is 5.75 Å². The van der Waals surface area contributed by atoms with Crippen LogP contribution in [0.3, 0.4) is 0 Å². The van der Waals surface area contributed by atoms with E-state index in [0.29, 0.717) is 18.8 Å². The molecule has 8 heteroatoms. The summed E-state index contributed by atoms with van der Waals surface area (Å²) in [6.07, 6.45) is 1.51. The van der Waals surface area contributed by atoms with Crippen molar-refractivity contribution in [3.05, 3.63) is 78.1 Å². The molecule has 0 saturated carbocycles. The van der Waals surface area contributed by atoms with Crippen LogP contribution in [0.2, 0.25) is 0 Å². The molecule has 192 valence electrons. The van der Waals surface area contributed by atoms with Crippen molar-refractivity contribution in [3.8, 4) is 16.9 Å². The number of ether oxygens (including phenoxy) is 1. The molecule has 0 bridgehead atoms. The Morgan fingerprint density at radius 1 is 1.14 bits per heavy atom. The average Bonchev–Trinajstić information content (AvgIpc) is 2.86. The number of hydrogen-bond donors (Lipinski definition) is 1. The van der Waals surface area contributed by atoms with Crippen LogP contribution < -0.4 is 4.74 Å². The van der Waals surface area contributed by atoms with Gasteiger partial charge in [-0.1, -0.05) is 48.9 Å². The van der Waals surface area contributed by atoms with E-state index in [9.17, 15) is 13.5 Å². The Hall–Kier alpha value is -2.78. The molecule has 0 saturated heterocycles. The van der Waals surface area contributed by atoms with E-state index in [1.54, 1.807) is 19.2 Å². The highest BCUT2D eigenvalue weighted by molar-refractivity contribution is 7.89. The minimum absolute atomic E-state index is 0.115. The molecule has 0 unspecified atom stereocenters. The standard InChI is InChI=1S/C28H35N3O4S/c1-20-8-10-23(11-9-20)24-12-13-28-26(15-24)35-27(18-30(4)17-25-7-5-6-14-29-25)21(2)16-31(22(3)19-32)36(28,33)34/h5-15,21-22,27,32H,16-19H2,1-4H3/t21-,22-,27-/m0/s1. The number of nitrogens with zero attached hydrogens (tertiary/aromatic N) is 3. The van der Waals surface area contributed by atoms with Crippen LogP contribution in [0.1, 0.15) is 25.1 Å². The number of aliphatic hydroxyl groups excluding tert-OH is 1. The summed E-state index contributed by atoms with van der Waals surface area (Å²) in [5, 5.41) is 9.85. The molecule has 36 heavy (non-hydrogen) atoms. The van der Waals surface area contributed by atoms with Crippen molar-refractivity contribution in [3.63, 3.8) is 0 Å². The zero-order chi connectivity index (χ0) is 25.9. The molecule has 0 aliphatic carbocycles. The fourth-order valence-electron chi connectivity index (χ4n) is 4.51. The molecule has 1 aliphatic heterocycles. The van der Waals surface area contributed by atoms with Crippen LogP contribution >= 0.6 is 0 Å². The van der Waals surface area contributed by atoms with Crippen molar-refractivity contribution in [2.24, 2.45) is 5.92 Å². The molecule has 3 aromatic rings. The maximum absolute atomic E-state index is 13.7. The predicted octanol–water partition coefficient (Wildman–Crippen LogP) is 3.96. The van der Waals surface area contributed by atoms with Gasteiger partial charge in [0.1, 0.15) is 16.7 Å². The third-order valence-electron chi connectivity index (χ3n) is 6.70. The van der Waals surface area contributed by atoms with Gasteiger partial charge in [-0.2, -0.15) is 4.31 Å². The van der Waals surface area contributed by atoms with Gasteiger partial charge >= 0.3 is 0 Å². The van der Waals surface area contributed by atoms with Crippen LogP contribution in [-0.2, 0) is 16.6 Å². The number of hydrogen-bond acceptors (Lipinski definition) is 6. The Bertz CT molecular complexity index is 1270. The number of aryl methyl sites for hydroxylation is 1. The second-order valence-electron chi connectivity index (χ2n) is 9.79. The number of sulfonamides is 1. The number of aromatic nitrogens is 1.